The molecular formula is C16H19FN2O2. The molecule has 1 fully saturated rings. The molecule has 0 aromatic heterocycles. The van der Waals surface area contributed by atoms with Crippen molar-refractivity contribution in [2.24, 2.45) is 0 Å². The number of nitrogens with zero attached hydrogens (tertiary/aromatic N) is 1. The molecule has 0 heterocycles. The summed E-state index contributed by atoms with van der Waals surface area (Å²) in [6.45, 7) is 0.518. The van der Waals surface area contributed by atoms with Crippen molar-refractivity contribution in [2.45, 2.75) is 25.4 Å². The van der Waals surface area contributed by atoms with Gasteiger partial charge in [-0.2, -0.15) is 0 Å². The van der Waals surface area contributed by atoms with Gasteiger partial charge in [0.15, 0.2) is 0 Å². The molecule has 1 aliphatic carbocycles. The molecular weight excluding hydrogens is 271 g/mol. The first kappa shape index (κ1) is 15.5. The van der Waals surface area contributed by atoms with E-state index in [2.05, 4.69) is 17.2 Å². The van der Waals surface area contributed by atoms with Crippen LogP contribution in [0.15, 0.2) is 18.2 Å². The van der Waals surface area contributed by atoms with Gasteiger partial charge in [-0.15, -0.1) is 0 Å². The molecule has 0 saturated heterocycles. The highest BCUT2D eigenvalue weighted by molar-refractivity contribution is 5.78. The number of nitrogens with one attached hydrogen (secondary N) is 1. The van der Waals surface area contributed by atoms with Crippen LogP contribution in [0.5, 0.6) is 0 Å². The number of halogens is 1. The smallest absolute Gasteiger partial charge is 0.234 e. The second-order valence-electron chi connectivity index (χ2n) is 5.28. The predicted octanol–water partition coefficient (Wildman–Crippen LogP) is 0.880. The van der Waals surface area contributed by atoms with E-state index in [0.717, 1.165) is 18.4 Å². The largest absolute Gasteiger partial charge is 0.384 e. The summed E-state index contributed by atoms with van der Waals surface area (Å²) in [5, 5.41) is 11.7. The second kappa shape index (κ2) is 7.21. The summed E-state index contributed by atoms with van der Waals surface area (Å²) in [5.41, 5.74) is 1.37. The Balaban J connectivity index is 1.98. The number of amides is 1. The summed E-state index contributed by atoms with van der Waals surface area (Å²) in [4.78, 5) is 13.6. The number of aliphatic hydroxyl groups excluding tert-OH is 1. The van der Waals surface area contributed by atoms with Gasteiger partial charge in [-0.1, -0.05) is 17.9 Å². The Hall–Kier alpha value is -1.90. The number of hydrogen-bond acceptors (Lipinski definition) is 3. The molecule has 1 amide bonds. The van der Waals surface area contributed by atoms with Crippen LogP contribution in [-0.4, -0.2) is 42.2 Å². The fourth-order valence-electron chi connectivity index (χ4n) is 2.03. The molecule has 2 rings (SSSR count). The lowest BCUT2D eigenvalue weighted by atomic mass is 10.1. The minimum absolute atomic E-state index is 0.00473. The summed E-state index contributed by atoms with van der Waals surface area (Å²) < 4.78 is 13.3. The molecule has 21 heavy (non-hydrogen) atoms. The Morgan fingerprint density at radius 3 is 2.95 bits per heavy atom. The standard InChI is InChI=1S/C16H19FN2O2/c1-19(11-16(21)18-15-6-7-15)10-13-4-5-14(17)9-12(13)3-2-8-20/h4-5,9,15,20H,6-8,10-11H2,1H3,(H,18,21). The van der Waals surface area contributed by atoms with E-state index in [9.17, 15) is 9.18 Å². The van der Waals surface area contributed by atoms with Crippen molar-refractivity contribution < 1.29 is 14.3 Å². The van der Waals surface area contributed by atoms with Gasteiger partial charge in [0.25, 0.3) is 0 Å². The van der Waals surface area contributed by atoms with Gasteiger partial charge in [0.1, 0.15) is 12.4 Å². The SMILES string of the molecule is CN(CC(=O)NC1CC1)Cc1ccc(F)cc1C#CCO. The molecule has 0 unspecified atom stereocenters. The Morgan fingerprint density at radius 1 is 1.52 bits per heavy atom. The topological polar surface area (TPSA) is 52.6 Å². The lowest BCUT2D eigenvalue weighted by molar-refractivity contribution is -0.122. The van der Waals surface area contributed by atoms with Crippen molar-refractivity contribution in [3.8, 4) is 11.8 Å². The van der Waals surface area contributed by atoms with E-state index in [1.165, 1.54) is 12.1 Å². The van der Waals surface area contributed by atoms with Crippen LogP contribution in [0.4, 0.5) is 4.39 Å². The van der Waals surface area contributed by atoms with Gasteiger partial charge >= 0.3 is 0 Å². The van der Waals surface area contributed by atoms with Crippen molar-refractivity contribution in [2.75, 3.05) is 20.2 Å². The molecule has 1 aliphatic rings. The number of rotatable bonds is 5. The molecule has 0 radical (unpaired) electrons. The summed E-state index contributed by atoms with van der Waals surface area (Å²) in [6, 6.07) is 4.72. The van der Waals surface area contributed by atoms with E-state index in [4.69, 9.17) is 5.11 Å². The molecule has 0 bridgehead atoms. The minimum atomic E-state index is -0.366. The summed E-state index contributed by atoms with van der Waals surface area (Å²) in [7, 11) is 1.83. The molecule has 0 spiro atoms. The molecule has 5 heteroatoms. The van der Waals surface area contributed by atoms with Crippen LogP contribution < -0.4 is 5.32 Å². The van der Waals surface area contributed by atoms with Crippen LogP contribution in [0.25, 0.3) is 0 Å². The average Bonchev–Trinajstić information content (AvgIpc) is 3.22. The van der Waals surface area contributed by atoms with Crippen LogP contribution in [0.3, 0.4) is 0 Å². The van der Waals surface area contributed by atoms with Crippen LogP contribution in [0.2, 0.25) is 0 Å². The van der Waals surface area contributed by atoms with Crippen LogP contribution in [0, 0.1) is 17.7 Å². The van der Waals surface area contributed by atoms with Crippen molar-refractivity contribution in [1.82, 2.24) is 10.2 Å². The third-order valence-corrected chi connectivity index (χ3v) is 3.17. The van der Waals surface area contributed by atoms with Gasteiger partial charge in [-0.25, -0.2) is 4.39 Å². The first-order valence-corrected chi connectivity index (χ1v) is 6.94. The zero-order valence-electron chi connectivity index (χ0n) is 12.0. The summed E-state index contributed by atoms with van der Waals surface area (Å²) in [5.74, 6) is 4.90. The zero-order valence-corrected chi connectivity index (χ0v) is 12.0. The molecule has 1 aromatic rings. The maximum atomic E-state index is 13.3. The van der Waals surface area contributed by atoms with Gasteiger partial charge in [0.05, 0.1) is 6.54 Å². The van der Waals surface area contributed by atoms with E-state index in [1.54, 1.807) is 6.07 Å². The molecule has 0 atom stereocenters. The van der Waals surface area contributed by atoms with E-state index >= 15 is 0 Å². The van der Waals surface area contributed by atoms with E-state index in [1.807, 2.05) is 11.9 Å². The normalized spacial score (nSPS) is 13.7. The first-order chi connectivity index (χ1) is 10.1. The Kier molecular flexibility index (Phi) is 5.32. The highest BCUT2D eigenvalue weighted by Crippen LogP contribution is 2.18. The average molecular weight is 290 g/mol. The quantitative estimate of drug-likeness (QED) is 0.792. The monoisotopic (exact) mass is 290 g/mol. The number of carbonyl (C=O) groups excluding carboxylic acids is 1. The van der Waals surface area contributed by atoms with Crippen molar-refractivity contribution in [3.63, 3.8) is 0 Å². The molecule has 0 aliphatic heterocycles. The van der Waals surface area contributed by atoms with E-state index in [0.29, 0.717) is 24.7 Å². The third kappa shape index (κ3) is 5.18. The van der Waals surface area contributed by atoms with E-state index < -0.39 is 0 Å². The Bertz CT molecular complexity index is 573. The van der Waals surface area contributed by atoms with E-state index in [-0.39, 0.29) is 18.3 Å². The minimum Gasteiger partial charge on any atom is -0.384 e. The van der Waals surface area contributed by atoms with Crippen LogP contribution in [0.1, 0.15) is 24.0 Å². The number of likely N-dealkylation sites (N-methyl/N-ethyl adjacent to an activating group) is 1. The molecule has 1 aromatic carbocycles. The van der Waals surface area contributed by atoms with Gasteiger partial charge < -0.3 is 10.4 Å². The lowest BCUT2D eigenvalue weighted by Crippen LogP contribution is -2.36. The second-order valence-corrected chi connectivity index (χ2v) is 5.28. The van der Waals surface area contributed by atoms with Crippen molar-refractivity contribution >= 4 is 5.91 Å². The summed E-state index contributed by atoms with van der Waals surface area (Å²) in [6.07, 6.45) is 2.13. The fraction of sp³-hybridized carbons (Fsp3) is 0.438. The number of aliphatic hydroxyl groups is 1. The molecule has 1 saturated carbocycles. The van der Waals surface area contributed by atoms with Crippen molar-refractivity contribution in [3.05, 3.63) is 35.1 Å². The number of benzene rings is 1. The summed E-state index contributed by atoms with van der Waals surface area (Å²) >= 11 is 0. The molecule has 2 N–H and O–H groups in total. The van der Waals surface area contributed by atoms with Crippen LogP contribution in [-0.2, 0) is 11.3 Å². The predicted molar refractivity (Wildman–Crippen MR) is 77.9 cm³/mol. The maximum Gasteiger partial charge on any atom is 0.234 e. The Labute approximate surface area is 124 Å². The highest BCUT2D eigenvalue weighted by Gasteiger charge is 2.23. The third-order valence-electron chi connectivity index (χ3n) is 3.17. The molecule has 112 valence electrons. The highest BCUT2D eigenvalue weighted by atomic mass is 19.1. The molecule has 4 nitrogen and oxygen atoms in total. The zero-order chi connectivity index (χ0) is 15.2. The Morgan fingerprint density at radius 2 is 2.29 bits per heavy atom. The van der Waals surface area contributed by atoms with Gasteiger partial charge in [0.2, 0.25) is 5.91 Å². The number of hydrogen-bond donors (Lipinski definition) is 2. The van der Waals surface area contributed by atoms with Gasteiger partial charge in [-0.3, -0.25) is 9.69 Å². The van der Waals surface area contributed by atoms with Crippen molar-refractivity contribution in [1.29, 1.82) is 0 Å². The van der Waals surface area contributed by atoms with Crippen LogP contribution >= 0.6 is 0 Å². The maximum absolute atomic E-state index is 13.3. The van der Waals surface area contributed by atoms with Gasteiger partial charge in [-0.05, 0) is 37.6 Å². The number of carbonyl (C=O) groups is 1. The fourth-order valence-corrected chi connectivity index (χ4v) is 2.03. The van der Waals surface area contributed by atoms with Gasteiger partial charge in [0, 0.05) is 18.2 Å². The lowest BCUT2D eigenvalue weighted by Gasteiger charge is -2.17. The first-order valence-electron chi connectivity index (χ1n) is 6.94.